The summed E-state index contributed by atoms with van der Waals surface area (Å²) in [7, 11) is 0. The standard InChI is InChI=1S/C12H14BrN3O4/c1-12(2,11(14)18)6-15-10(17)7-4-3-5-8(9(7)13)16(19)20/h3-5H,6H2,1-2H3,(H2,14,18)(H,15,17). The highest BCUT2D eigenvalue weighted by Crippen LogP contribution is 2.28. The van der Waals surface area contributed by atoms with E-state index in [1.165, 1.54) is 18.2 Å². The Morgan fingerprint density at radius 3 is 2.55 bits per heavy atom. The number of nitro benzene ring substituents is 1. The maximum Gasteiger partial charge on any atom is 0.284 e. The van der Waals surface area contributed by atoms with E-state index in [4.69, 9.17) is 5.73 Å². The van der Waals surface area contributed by atoms with E-state index >= 15 is 0 Å². The summed E-state index contributed by atoms with van der Waals surface area (Å²) in [5, 5.41) is 13.3. The van der Waals surface area contributed by atoms with E-state index in [-0.39, 0.29) is 22.3 Å². The van der Waals surface area contributed by atoms with Crippen molar-refractivity contribution in [3.05, 3.63) is 38.3 Å². The Bertz CT molecular complexity index is 572. The Morgan fingerprint density at radius 1 is 1.45 bits per heavy atom. The normalized spacial score (nSPS) is 10.9. The second-order valence-corrected chi connectivity index (χ2v) is 5.62. The molecular formula is C12H14BrN3O4. The third-order valence-electron chi connectivity index (χ3n) is 2.78. The number of nitrogens with zero attached hydrogens (tertiary/aromatic N) is 1. The van der Waals surface area contributed by atoms with Gasteiger partial charge in [-0.3, -0.25) is 19.7 Å². The number of amides is 2. The minimum Gasteiger partial charge on any atom is -0.369 e. The summed E-state index contributed by atoms with van der Waals surface area (Å²) < 4.78 is 0.0966. The Morgan fingerprint density at radius 2 is 2.05 bits per heavy atom. The second kappa shape index (κ2) is 6.00. The number of halogens is 1. The average molecular weight is 344 g/mol. The SMILES string of the molecule is CC(C)(CNC(=O)c1cccc([N+](=O)[O-])c1Br)C(N)=O. The monoisotopic (exact) mass is 343 g/mol. The molecule has 3 N–H and O–H groups in total. The third kappa shape index (κ3) is 3.53. The van der Waals surface area contributed by atoms with Crippen LogP contribution in [0.5, 0.6) is 0 Å². The molecule has 0 radical (unpaired) electrons. The summed E-state index contributed by atoms with van der Waals surface area (Å²) in [6, 6.07) is 4.15. The van der Waals surface area contributed by atoms with Gasteiger partial charge in [0.1, 0.15) is 4.47 Å². The van der Waals surface area contributed by atoms with E-state index < -0.39 is 22.2 Å². The van der Waals surface area contributed by atoms with Crippen LogP contribution in [-0.2, 0) is 4.79 Å². The summed E-state index contributed by atoms with van der Waals surface area (Å²) in [6.45, 7) is 3.23. The first kappa shape index (κ1) is 16.1. The summed E-state index contributed by atoms with van der Waals surface area (Å²) >= 11 is 3.04. The van der Waals surface area contributed by atoms with Crippen molar-refractivity contribution in [2.24, 2.45) is 11.1 Å². The van der Waals surface area contributed by atoms with Gasteiger partial charge in [-0.25, -0.2) is 0 Å². The fourth-order valence-electron chi connectivity index (χ4n) is 1.32. The zero-order chi connectivity index (χ0) is 15.5. The smallest absolute Gasteiger partial charge is 0.284 e. The minimum atomic E-state index is -0.900. The van der Waals surface area contributed by atoms with Crippen LogP contribution in [0.1, 0.15) is 24.2 Å². The van der Waals surface area contributed by atoms with Crippen molar-refractivity contribution < 1.29 is 14.5 Å². The van der Waals surface area contributed by atoms with Gasteiger partial charge in [0.2, 0.25) is 5.91 Å². The Hall–Kier alpha value is -1.96. The molecule has 0 atom stereocenters. The molecule has 0 saturated carbocycles. The van der Waals surface area contributed by atoms with Crippen molar-refractivity contribution in [3.8, 4) is 0 Å². The second-order valence-electron chi connectivity index (χ2n) is 4.83. The van der Waals surface area contributed by atoms with E-state index in [9.17, 15) is 19.7 Å². The zero-order valence-corrected chi connectivity index (χ0v) is 12.6. The lowest BCUT2D eigenvalue weighted by atomic mass is 9.92. The van der Waals surface area contributed by atoms with Gasteiger partial charge < -0.3 is 11.1 Å². The topological polar surface area (TPSA) is 115 Å². The van der Waals surface area contributed by atoms with E-state index in [2.05, 4.69) is 21.2 Å². The van der Waals surface area contributed by atoms with Crippen molar-refractivity contribution in [1.29, 1.82) is 0 Å². The van der Waals surface area contributed by atoms with Crippen molar-refractivity contribution in [2.45, 2.75) is 13.8 Å². The molecule has 0 aliphatic rings. The number of hydrogen-bond donors (Lipinski definition) is 2. The molecular weight excluding hydrogens is 330 g/mol. The number of nitrogens with one attached hydrogen (secondary N) is 1. The fraction of sp³-hybridized carbons (Fsp3) is 0.333. The molecule has 0 spiro atoms. The molecule has 1 aromatic rings. The lowest BCUT2D eigenvalue weighted by Crippen LogP contribution is -2.42. The fourth-order valence-corrected chi connectivity index (χ4v) is 1.91. The molecule has 108 valence electrons. The first-order valence-electron chi connectivity index (χ1n) is 5.68. The van der Waals surface area contributed by atoms with Crippen molar-refractivity contribution in [1.82, 2.24) is 5.32 Å². The molecule has 0 bridgehead atoms. The number of nitro groups is 1. The molecule has 1 rings (SSSR count). The molecule has 2 amide bonds. The average Bonchev–Trinajstić information content (AvgIpc) is 2.35. The third-order valence-corrected chi connectivity index (χ3v) is 3.61. The van der Waals surface area contributed by atoms with Gasteiger partial charge in [0.05, 0.1) is 15.9 Å². The van der Waals surface area contributed by atoms with Crippen LogP contribution in [0.2, 0.25) is 0 Å². The van der Waals surface area contributed by atoms with E-state index in [0.717, 1.165) is 0 Å². The Labute approximate surface area is 123 Å². The van der Waals surface area contributed by atoms with Crippen LogP contribution in [0, 0.1) is 15.5 Å². The van der Waals surface area contributed by atoms with Gasteiger partial charge in [-0.15, -0.1) is 0 Å². The zero-order valence-electron chi connectivity index (χ0n) is 11.0. The highest BCUT2D eigenvalue weighted by Gasteiger charge is 2.26. The van der Waals surface area contributed by atoms with Gasteiger partial charge >= 0.3 is 0 Å². The molecule has 0 aliphatic carbocycles. The molecule has 0 aliphatic heterocycles. The highest BCUT2D eigenvalue weighted by molar-refractivity contribution is 9.10. The van der Waals surface area contributed by atoms with Gasteiger partial charge in [-0.05, 0) is 35.8 Å². The van der Waals surface area contributed by atoms with Gasteiger partial charge in [0.25, 0.3) is 11.6 Å². The van der Waals surface area contributed by atoms with E-state index in [1.54, 1.807) is 13.8 Å². The summed E-state index contributed by atoms with van der Waals surface area (Å²) in [5.74, 6) is -1.06. The first-order valence-corrected chi connectivity index (χ1v) is 6.47. The number of carbonyl (C=O) groups excluding carboxylic acids is 2. The van der Waals surface area contributed by atoms with Crippen LogP contribution in [-0.4, -0.2) is 23.3 Å². The predicted octanol–water partition coefficient (Wildman–Crippen LogP) is 1.60. The number of rotatable bonds is 5. The van der Waals surface area contributed by atoms with Gasteiger partial charge in [0.15, 0.2) is 0 Å². The number of carbonyl (C=O) groups is 2. The molecule has 7 nitrogen and oxygen atoms in total. The van der Waals surface area contributed by atoms with E-state index in [0.29, 0.717) is 0 Å². The van der Waals surface area contributed by atoms with Crippen LogP contribution in [0.4, 0.5) is 5.69 Å². The Kier molecular flexibility index (Phi) is 4.83. The highest BCUT2D eigenvalue weighted by atomic mass is 79.9. The molecule has 0 fully saturated rings. The van der Waals surface area contributed by atoms with Crippen LogP contribution in [0.15, 0.2) is 22.7 Å². The van der Waals surface area contributed by atoms with Crippen molar-refractivity contribution in [3.63, 3.8) is 0 Å². The molecule has 20 heavy (non-hydrogen) atoms. The maximum atomic E-state index is 12.0. The maximum absolute atomic E-state index is 12.0. The number of benzene rings is 1. The molecule has 8 heteroatoms. The number of hydrogen-bond acceptors (Lipinski definition) is 4. The van der Waals surface area contributed by atoms with Crippen molar-refractivity contribution >= 4 is 33.4 Å². The predicted molar refractivity (Wildman–Crippen MR) is 76.1 cm³/mol. The summed E-state index contributed by atoms with van der Waals surface area (Å²) in [5.41, 5.74) is 4.22. The van der Waals surface area contributed by atoms with Crippen molar-refractivity contribution in [2.75, 3.05) is 6.54 Å². The number of primary amides is 1. The van der Waals surface area contributed by atoms with E-state index in [1.807, 2.05) is 0 Å². The lowest BCUT2D eigenvalue weighted by Gasteiger charge is -2.20. The van der Waals surface area contributed by atoms with Crippen LogP contribution in [0.25, 0.3) is 0 Å². The Balaban J connectivity index is 2.92. The van der Waals surface area contributed by atoms with Gasteiger partial charge in [0, 0.05) is 12.6 Å². The molecule has 1 aromatic carbocycles. The van der Waals surface area contributed by atoms with Crippen LogP contribution in [0.3, 0.4) is 0 Å². The first-order chi connectivity index (χ1) is 9.16. The van der Waals surface area contributed by atoms with Gasteiger partial charge in [-0.1, -0.05) is 6.07 Å². The largest absolute Gasteiger partial charge is 0.369 e. The summed E-state index contributed by atoms with van der Waals surface area (Å²) in [6.07, 6.45) is 0. The van der Waals surface area contributed by atoms with Crippen LogP contribution < -0.4 is 11.1 Å². The van der Waals surface area contributed by atoms with Gasteiger partial charge in [-0.2, -0.15) is 0 Å². The molecule has 0 unspecified atom stereocenters. The number of nitrogens with two attached hydrogens (primary N) is 1. The molecule has 0 heterocycles. The molecule has 0 saturated heterocycles. The minimum absolute atomic E-state index is 0.0380. The lowest BCUT2D eigenvalue weighted by molar-refractivity contribution is -0.385. The molecule has 0 aromatic heterocycles. The van der Waals surface area contributed by atoms with Crippen LogP contribution >= 0.6 is 15.9 Å². The quantitative estimate of drug-likeness (QED) is 0.623. The summed E-state index contributed by atoms with van der Waals surface area (Å²) in [4.78, 5) is 33.3.